The smallest absolute Gasteiger partial charge is 0.0477 e. The molecule has 3 heteroatoms. The third kappa shape index (κ3) is 1.26. The van der Waals surface area contributed by atoms with Gasteiger partial charge in [0.25, 0.3) is 0 Å². The maximum atomic E-state index is 6.02. The maximum Gasteiger partial charge on any atom is 0.0477 e. The quantitative estimate of drug-likeness (QED) is 0.605. The molecule has 1 aliphatic carbocycles. The lowest BCUT2D eigenvalue weighted by Crippen LogP contribution is -2.41. The Morgan fingerprint density at radius 3 is 2.75 bits per heavy atom. The summed E-state index contributed by atoms with van der Waals surface area (Å²) in [4.78, 5) is 3.14. The van der Waals surface area contributed by atoms with Gasteiger partial charge in [0, 0.05) is 24.0 Å². The highest BCUT2D eigenvalue weighted by atomic mass is 14.8. The zero-order valence-electron chi connectivity index (χ0n) is 7.03. The van der Waals surface area contributed by atoms with Crippen LogP contribution in [0.1, 0.15) is 24.6 Å². The SMILES string of the molecule is NC1CC(C(N)c2ccc[nH]2)C1. The van der Waals surface area contributed by atoms with E-state index < -0.39 is 0 Å². The van der Waals surface area contributed by atoms with Gasteiger partial charge in [-0.3, -0.25) is 0 Å². The van der Waals surface area contributed by atoms with E-state index in [4.69, 9.17) is 11.5 Å². The molecule has 5 N–H and O–H groups in total. The van der Waals surface area contributed by atoms with Crippen molar-refractivity contribution in [2.24, 2.45) is 17.4 Å². The highest BCUT2D eigenvalue weighted by molar-refractivity contribution is 5.11. The van der Waals surface area contributed by atoms with E-state index in [9.17, 15) is 0 Å². The Hall–Kier alpha value is -0.800. The fourth-order valence-corrected chi connectivity index (χ4v) is 1.81. The molecule has 1 aromatic heterocycles. The summed E-state index contributed by atoms with van der Waals surface area (Å²) in [6.45, 7) is 0. The second kappa shape index (κ2) is 2.92. The van der Waals surface area contributed by atoms with Gasteiger partial charge in [0.15, 0.2) is 0 Å². The fourth-order valence-electron chi connectivity index (χ4n) is 1.81. The molecule has 3 nitrogen and oxygen atoms in total. The molecular weight excluding hydrogens is 150 g/mol. The van der Waals surface area contributed by atoms with Crippen LogP contribution in [-0.2, 0) is 0 Å². The Labute approximate surface area is 72.1 Å². The predicted octanol–water partition coefficient (Wildman–Crippen LogP) is 0.752. The number of aromatic nitrogens is 1. The third-order valence-electron chi connectivity index (χ3n) is 2.70. The first-order valence-electron chi connectivity index (χ1n) is 4.42. The van der Waals surface area contributed by atoms with Crippen molar-refractivity contribution in [3.8, 4) is 0 Å². The summed E-state index contributed by atoms with van der Waals surface area (Å²) in [5, 5.41) is 0. The van der Waals surface area contributed by atoms with Crippen molar-refractivity contribution in [1.82, 2.24) is 4.98 Å². The molecule has 0 radical (unpaired) electrons. The average Bonchev–Trinajstić information content (AvgIpc) is 2.49. The Bertz CT molecular complexity index is 236. The van der Waals surface area contributed by atoms with E-state index in [1.807, 2.05) is 18.3 Å². The van der Waals surface area contributed by atoms with Crippen LogP contribution >= 0.6 is 0 Å². The van der Waals surface area contributed by atoms with Crippen LogP contribution in [0.15, 0.2) is 18.3 Å². The maximum absolute atomic E-state index is 6.02. The number of rotatable bonds is 2. The van der Waals surface area contributed by atoms with Gasteiger partial charge in [-0.15, -0.1) is 0 Å². The van der Waals surface area contributed by atoms with Crippen LogP contribution in [-0.4, -0.2) is 11.0 Å². The third-order valence-corrected chi connectivity index (χ3v) is 2.70. The molecule has 0 aromatic carbocycles. The molecule has 1 atom stereocenters. The zero-order chi connectivity index (χ0) is 8.55. The summed E-state index contributed by atoms with van der Waals surface area (Å²) in [7, 11) is 0. The minimum absolute atomic E-state index is 0.153. The van der Waals surface area contributed by atoms with Gasteiger partial charge in [0.1, 0.15) is 0 Å². The molecular formula is C9H15N3. The highest BCUT2D eigenvalue weighted by Gasteiger charge is 2.31. The van der Waals surface area contributed by atoms with E-state index in [2.05, 4.69) is 4.98 Å². The van der Waals surface area contributed by atoms with Gasteiger partial charge < -0.3 is 16.5 Å². The minimum atomic E-state index is 0.153. The van der Waals surface area contributed by atoms with Gasteiger partial charge in [-0.1, -0.05) is 0 Å². The molecule has 1 heterocycles. The molecule has 2 rings (SSSR count). The topological polar surface area (TPSA) is 67.8 Å². The molecule has 0 bridgehead atoms. The standard InChI is InChI=1S/C9H15N3/c10-7-4-6(5-7)9(11)8-2-1-3-12-8/h1-3,6-7,9,12H,4-5,10-11H2. The van der Waals surface area contributed by atoms with Crippen LogP contribution < -0.4 is 11.5 Å². The van der Waals surface area contributed by atoms with Gasteiger partial charge in [0.2, 0.25) is 0 Å². The lowest BCUT2D eigenvalue weighted by molar-refractivity contribution is 0.222. The Balaban J connectivity index is 1.97. The van der Waals surface area contributed by atoms with Crippen molar-refractivity contribution >= 4 is 0 Å². The van der Waals surface area contributed by atoms with Crippen molar-refractivity contribution in [1.29, 1.82) is 0 Å². The van der Waals surface area contributed by atoms with Gasteiger partial charge in [-0.25, -0.2) is 0 Å². The molecule has 0 spiro atoms. The number of hydrogen-bond acceptors (Lipinski definition) is 2. The van der Waals surface area contributed by atoms with Crippen LogP contribution in [0.3, 0.4) is 0 Å². The van der Waals surface area contributed by atoms with Gasteiger partial charge in [0.05, 0.1) is 0 Å². The van der Waals surface area contributed by atoms with Gasteiger partial charge in [-0.05, 0) is 30.9 Å². The van der Waals surface area contributed by atoms with E-state index >= 15 is 0 Å². The first-order chi connectivity index (χ1) is 5.77. The minimum Gasteiger partial charge on any atom is -0.364 e. The Morgan fingerprint density at radius 1 is 1.50 bits per heavy atom. The molecule has 0 saturated heterocycles. The largest absolute Gasteiger partial charge is 0.364 e. The fraction of sp³-hybridized carbons (Fsp3) is 0.556. The molecule has 1 aromatic rings. The molecule has 66 valence electrons. The predicted molar refractivity (Wildman–Crippen MR) is 48.4 cm³/mol. The Morgan fingerprint density at radius 2 is 2.25 bits per heavy atom. The van der Waals surface area contributed by atoms with E-state index in [0.29, 0.717) is 12.0 Å². The monoisotopic (exact) mass is 165 g/mol. The van der Waals surface area contributed by atoms with Crippen molar-refractivity contribution in [2.75, 3.05) is 0 Å². The molecule has 0 aliphatic heterocycles. The molecule has 1 aliphatic rings. The molecule has 1 unspecified atom stereocenters. The van der Waals surface area contributed by atoms with E-state index in [1.165, 1.54) is 0 Å². The summed E-state index contributed by atoms with van der Waals surface area (Å²) in [5.41, 5.74) is 12.8. The average molecular weight is 165 g/mol. The summed E-state index contributed by atoms with van der Waals surface area (Å²) in [6, 6.07) is 4.55. The summed E-state index contributed by atoms with van der Waals surface area (Å²) in [5.74, 6) is 0.582. The number of aromatic amines is 1. The Kier molecular flexibility index (Phi) is 1.90. The summed E-state index contributed by atoms with van der Waals surface area (Å²) < 4.78 is 0. The molecule has 1 saturated carbocycles. The number of nitrogens with one attached hydrogen (secondary N) is 1. The molecule has 0 amide bonds. The van der Waals surface area contributed by atoms with Crippen molar-refractivity contribution in [3.05, 3.63) is 24.0 Å². The van der Waals surface area contributed by atoms with Crippen molar-refractivity contribution in [2.45, 2.75) is 24.9 Å². The first kappa shape index (κ1) is 7.83. The second-order valence-electron chi connectivity index (χ2n) is 3.64. The van der Waals surface area contributed by atoms with E-state index in [-0.39, 0.29) is 6.04 Å². The molecule has 1 fully saturated rings. The summed E-state index contributed by atoms with van der Waals surface area (Å²) >= 11 is 0. The molecule has 12 heavy (non-hydrogen) atoms. The lowest BCUT2D eigenvalue weighted by atomic mass is 9.75. The number of hydrogen-bond donors (Lipinski definition) is 3. The highest BCUT2D eigenvalue weighted by Crippen LogP contribution is 2.34. The van der Waals surface area contributed by atoms with Gasteiger partial charge >= 0.3 is 0 Å². The first-order valence-corrected chi connectivity index (χ1v) is 4.42. The van der Waals surface area contributed by atoms with Gasteiger partial charge in [-0.2, -0.15) is 0 Å². The van der Waals surface area contributed by atoms with Crippen LogP contribution in [0.5, 0.6) is 0 Å². The lowest BCUT2D eigenvalue weighted by Gasteiger charge is -2.36. The number of H-pyrrole nitrogens is 1. The summed E-state index contributed by atoms with van der Waals surface area (Å²) in [6.07, 6.45) is 4.05. The van der Waals surface area contributed by atoms with Crippen LogP contribution in [0, 0.1) is 5.92 Å². The number of nitrogens with two attached hydrogens (primary N) is 2. The van der Waals surface area contributed by atoms with Crippen LogP contribution in [0.4, 0.5) is 0 Å². The van der Waals surface area contributed by atoms with Crippen LogP contribution in [0.25, 0.3) is 0 Å². The second-order valence-corrected chi connectivity index (χ2v) is 3.64. The van der Waals surface area contributed by atoms with Crippen LogP contribution in [0.2, 0.25) is 0 Å². The van der Waals surface area contributed by atoms with E-state index in [0.717, 1.165) is 18.5 Å². The van der Waals surface area contributed by atoms with Crippen molar-refractivity contribution < 1.29 is 0 Å². The zero-order valence-corrected chi connectivity index (χ0v) is 7.03. The van der Waals surface area contributed by atoms with E-state index in [1.54, 1.807) is 0 Å². The normalized spacial score (nSPS) is 31.2. The van der Waals surface area contributed by atoms with Crippen molar-refractivity contribution in [3.63, 3.8) is 0 Å².